The predicted octanol–water partition coefficient (Wildman–Crippen LogP) is 3.26. The van der Waals surface area contributed by atoms with Crippen molar-refractivity contribution in [3.05, 3.63) is 77.8 Å². The van der Waals surface area contributed by atoms with Crippen LogP contribution in [0.3, 0.4) is 0 Å². The maximum Gasteiger partial charge on any atom is 0.205 e. The predicted molar refractivity (Wildman–Crippen MR) is 86.7 cm³/mol. The number of rotatable bonds is 6. The Kier molecular flexibility index (Phi) is 4.68. The molecule has 5 nitrogen and oxygen atoms in total. The fraction of sp³-hybridized carbons (Fsp3) is 0.118. The minimum Gasteiger partial charge on any atom is -0.480 e. The van der Waals surface area contributed by atoms with E-state index < -0.39 is 6.10 Å². The number of carbonyl (C=O) groups is 1. The molecule has 0 spiro atoms. The fourth-order valence-corrected chi connectivity index (χ4v) is 2.26. The van der Waals surface area contributed by atoms with Crippen molar-refractivity contribution in [1.82, 2.24) is 14.8 Å². The normalized spacial score (nSPS) is 11.9. The molecule has 0 aliphatic rings. The summed E-state index contributed by atoms with van der Waals surface area (Å²) in [4.78, 5) is 16.7. The summed E-state index contributed by atoms with van der Waals surface area (Å²) in [5.41, 5.74) is 0.537. The average molecular weight is 328 g/mol. The summed E-state index contributed by atoms with van der Waals surface area (Å²) in [5.74, 6) is 0.487. The van der Waals surface area contributed by atoms with Crippen LogP contribution in [0.5, 0.6) is 5.75 Å². The average Bonchev–Trinajstić information content (AvgIpc) is 3.08. The lowest BCUT2D eigenvalue weighted by Crippen LogP contribution is -2.32. The third-order valence-electron chi connectivity index (χ3n) is 3.26. The Bertz CT molecular complexity index is 758. The van der Waals surface area contributed by atoms with Crippen LogP contribution in [0.15, 0.2) is 67.3 Å². The second kappa shape index (κ2) is 7.07. The number of Topliss-reactive ketones (excluding diaryl/α,β-unsaturated/α-hetero) is 1. The number of nitrogens with zero attached hydrogens (tertiary/aromatic N) is 3. The lowest BCUT2D eigenvalue weighted by molar-refractivity contribution is 0.0756. The van der Waals surface area contributed by atoms with Gasteiger partial charge >= 0.3 is 0 Å². The minimum absolute atomic E-state index is 0.138. The van der Waals surface area contributed by atoms with Gasteiger partial charge < -0.3 is 4.74 Å². The van der Waals surface area contributed by atoms with Crippen molar-refractivity contribution in [3.8, 4) is 5.75 Å². The van der Waals surface area contributed by atoms with Crippen molar-refractivity contribution < 1.29 is 9.53 Å². The number of ether oxygens (including phenoxy) is 1. The largest absolute Gasteiger partial charge is 0.480 e. The molecule has 0 aliphatic carbocycles. The maximum absolute atomic E-state index is 12.8. The van der Waals surface area contributed by atoms with Gasteiger partial charge in [0.05, 0.1) is 6.54 Å². The summed E-state index contributed by atoms with van der Waals surface area (Å²) >= 11 is 5.88. The Morgan fingerprint density at radius 1 is 1.13 bits per heavy atom. The molecular formula is C17H14ClN3O2. The summed E-state index contributed by atoms with van der Waals surface area (Å²) in [6, 6.07) is 16.0. The van der Waals surface area contributed by atoms with E-state index >= 15 is 0 Å². The standard InChI is InChI=1S/C17H14ClN3O2/c18-14-8-6-13(7-9-14)17(22)16(10-21-12-19-11-20-21)23-15-4-2-1-3-5-15/h1-9,11-12,16H,10H2/t16-/m0/s1. The molecule has 0 bridgehead atoms. The van der Waals surface area contributed by atoms with Crippen LogP contribution in [0.25, 0.3) is 0 Å². The van der Waals surface area contributed by atoms with Crippen LogP contribution in [0.1, 0.15) is 10.4 Å². The Morgan fingerprint density at radius 2 is 1.87 bits per heavy atom. The summed E-state index contributed by atoms with van der Waals surface area (Å²) in [5, 5.41) is 4.62. The first-order valence-electron chi connectivity index (χ1n) is 7.06. The molecule has 23 heavy (non-hydrogen) atoms. The molecule has 0 amide bonds. The zero-order valence-corrected chi connectivity index (χ0v) is 12.9. The van der Waals surface area contributed by atoms with Gasteiger partial charge in [-0.25, -0.2) is 9.67 Å². The maximum atomic E-state index is 12.8. The van der Waals surface area contributed by atoms with Gasteiger partial charge in [0, 0.05) is 10.6 Å². The van der Waals surface area contributed by atoms with Crippen molar-refractivity contribution in [1.29, 1.82) is 0 Å². The third-order valence-corrected chi connectivity index (χ3v) is 3.51. The van der Waals surface area contributed by atoms with Gasteiger partial charge in [-0.2, -0.15) is 5.10 Å². The quantitative estimate of drug-likeness (QED) is 0.652. The van der Waals surface area contributed by atoms with Crippen LogP contribution in [0, 0.1) is 0 Å². The second-order valence-electron chi connectivity index (χ2n) is 4.91. The molecule has 1 aromatic heterocycles. The van der Waals surface area contributed by atoms with E-state index in [2.05, 4.69) is 10.1 Å². The molecule has 0 saturated heterocycles. The number of para-hydroxylation sites is 1. The smallest absolute Gasteiger partial charge is 0.205 e. The van der Waals surface area contributed by atoms with E-state index in [0.717, 1.165) is 0 Å². The van der Waals surface area contributed by atoms with Crippen LogP contribution in [-0.2, 0) is 6.54 Å². The zero-order chi connectivity index (χ0) is 16.1. The number of hydrogen-bond donors (Lipinski definition) is 0. The van der Waals surface area contributed by atoms with Gasteiger partial charge in [-0.05, 0) is 36.4 Å². The van der Waals surface area contributed by atoms with Gasteiger partial charge in [-0.15, -0.1) is 0 Å². The summed E-state index contributed by atoms with van der Waals surface area (Å²) in [6.45, 7) is 0.274. The van der Waals surface area contributed by atoms with E-state index in [4.69, 9.17) is 16.3 Å². The Hall–Kier alpha value is -2.66. The third kappa shape index (κ3) is 3.96. The molecule has 0 fully saturated rings. The highest BCUT2D eigenvalue weighted by Gasteiger charge is 2.23. The first kappa shape index (κ1) is 15.2. The number of hydrogen-bond acceptors (Lipinski definition) is 4. The van der Waals surface area contributed by atoms with Gasteiger partial charge in [-0.1, -0.05) is 29.8 Å². The van der Waals surface area contributed by atoms with Crippen molar-refractivity contribution in [2.24, 2.45) is 0 Å². The first-order chi connectivity index (χ1) is 11.2. The second-order valence-corrected chi connectivity index (χ2v) is 5.34. The highest BCUT2D eigenvalue weighted by atomic mass is 35.5. The molecule has 1 atom stereocenters. The molecule has 3 rings (SSSR count). The molecular weight excluding hydrogens is 314 g/mol. The van der Waals surface area contributed by atoms with Crippen molar-refractivity contribution in [3.63, 3.8) is 0 Å². The number of benzene rings is 2. The van der Waals surface area contributed by atoms with Crippen molar-refractivity contribution in [2.45, 2.75) is 12.6 Å². The minimum atomic E-state index is -0.708. The Labute approximate surface area is 138 Å². The SMILES string of the molecule is O=C(c1ccc(Cl)cc1)[C@H](Cn1cncn1)Oc1ccccc1. The monoisotopic (exact) mass is 327 g/mol. The van der Waals surface area contributed by atoms with Gasteiger partial charge in [0.25, 0.3) is 0 Å². The molecule has 6 heteroatoms. The molecule has 3 aromatic rings. The number of ketones is 1. The lowest BCUT2D eigenvalue weighted by atomic mass is 10.1. The first-order valence-corrected chi connectivity index (χ1v) is 7.44. The van der Waals surface area contributed by atoms with Gasteiger partial charge in [0.2, 0.25) is 5.78 Å². The highest BCUT2D eigenvalue weighted by Crippen LogP contribution is 2.17. The summed E-state index contributed by atoms with van der Waals surface area (Å²) in [7, 11) is 0. The van der Waals surface area contributed by atoms with Gasteiger partial charge in [0.1, 0.15) is 18.4 Å². The summed E-state index contributed by atoms with van der Waals surface area (Å²) < 4.78 is 7.43. The van der Waals surface area contributed by atoms with Gasteiger partial charge in [0.15, 0.2) is 6.10 Å². The van der Waals surface area contributed by atoms with Crippen LogP contribution in [0.2, 0.25) is 5.02 Å². The van der Waals surface area contributed by atoms with Crippen molar-refractivity contribution in [2.75, 3.05) is 0 Å². The zero-order valence-electron chi connectivity index (χ0n) is 12.2. The van der Waals surface area contributed by atoms with Crippen LogP contribution in [-0.4, -0.2) is 26.7 Å². The van der Waals surface area contributed by atoms with E-state index in [1.807, 2.05) is 30.3 Å². The van der Waals surface area contributed by atoms with E-state index in [1.165, 1.54) is 6.33 Å². The molecule has 0 N–H and O–H groups in total. The van der Waals surface area contributed by atoms with Gasteiger partial charge in [-0.3, -0.25) is 4.79 Å². The van der Waals surface area contributed by atoms with E-state index in [-0.39, 0.29) is 12.3 Å². The highest BCUT2D eigenvalue weighted by molar-refractivity contribution is 6.30. The Balaban J connectivity index is 1.84. The van der Waals surface area contributed by atoms with Crippen LogP contribution in [0.4, 0.5) is 0 Å². The van der Waals surface area contributed by atoms with Crippen LogP contribution < -0.4 is 4.74 Å². The molecule has 0 radical (unpaired) electrons. The molecule has 0 aliphatic heterocycles. The number of carbonyl (C=O) groups excluding carboxylic acids is 1. The molecule has 0 unspecified atom stereocenters. The lowest BCUT2D eigenvalue weighted by Gasteiger charge is -2.18. The molecule has 2 aromatic carbocycles. The van der Waals surface area contributed by atoms with E-state index in [9.17, 15) is 4.79 Å². The number of aromatic nitrogens is 3. The Morgan fingerprint density at radius 3 is 2.52 bits per heavy atom. The van der Waals surface area contributed by atoms with Crippen LogP contribution >= 0.6 is 11.6 Å². The number of halogens is 1. The molecule has 0 saturated carbocycles. The fourth-order valence-electron chi connectivity index (χ4n) is 2.13. The van der Waals surface area contributed by atoms with E-state index in [1.54, 1.807) is 35.3 Å². The molecule has 1 heterocycles. The van der Waals surface area contributed by atoms with E-state index in [0.29, 0.717) is 16.3 Å². The summed E-state index contributed by atoms with van der Waals surface area (Å²) in [6.07, 6.45) is 2.27. The topological polar surface area (TPSA) is 57.0 Å². The van der Waals surface area contributed by atoms with Crippen molar-refractivity contribution >= 4 is 17.4 Å². The molecule has 116 valence electrons.